The minimum atomic E-state index is -0.236. The van der Waals surface area contributed by atoms with E-state index in [1.807, 2.05) is 19.4 Å². The number of nitrogens with zero attached hydrogens (tertiary/aromatic N) is 3. The van der Waals surface area contributed by atoms with Crippen molar-refractivity contribution in [2.45, 2.75) is 12.3 Å². The Morgan fingerprint density at radius 3 is 2.71 bits per heavy atom. The van der Waals surface area contributed by atoms with Crippen LogP contribution in [0.3, 0.4) is 0 Å². The van der Waals surface area contributed by atoms with E-state index in [-0.39, 0.29) is 18.2 Å². The molecule has 1 atom stereocenters. The van der Waals surface area contributed by atoms with E-state index in [4.69, 9.17) is 0 Å². The Balaban J connectivity index is 0.00000169. The Bertz CT molecular complexity index is 818. The summed E-state index contributed by atoms with van der Waals surface area (Å²) in [7, 11) is 1.90. The van der Waals surface area contributed by atoms with Gasteiger partial charge in [-0.1, -0.05) is 12.1 Å². The van der Waals surface area contributed by atoms with Crippen molar-refractivity contribution in [3.05, 3.63) is 48.2 Å². The molecule has 1 aliphatic heterocycles. The zero-order chi connectivity index (χ0) is 15.8. The number of halogens is 2. The molecule has 0 amide bonds. The summed E-state index contributed by atoms with van der Waals surface area (Å²) >= 11 is 0. The Morgan fingerprint density at radius 1 is 1.21 bits per heavy atom. The molecule has 7 heteroatoms. The largest absolute Gasteiger partial charge is 0.316 e. The normalized spacial score (nSPS) is 17.0. The zero-order valence-corrected chi connectivity index (χ0v) is 14.1. The molecule has 3 heterocycles. The highest BCUT2D eigenvalue weighted by Gasteiger charge is 2.24. The quantitative estimate of drug-likeness (QED) is 0.765. The summed E-state index contributed by atoms with van der Waals surface area (Å²) in [6.07, 6.45) is 4.89. The van der Waals surface area contributed by atoms with Crippen LogP contribution >= 0.6 is 12.4 Å². The first-order chi connectivity index (χ1) is 11.2. The van der Waals surface area contributed by atoms with E-state index < -0.39 is 0 Å². The Labute approximate surface area is 145 Å². The molecule has 1 saturated heterocycles. The number of benzene rings is 1. The summed E-state index contributed by atoms with van der Waals surface area (Å²) in [6, 6.07) is 6.52. The van der Waals surface area contributed by atoms with Crippen molar-refractivity contribution in [3.8, 4) is 22.4 Å². The van der Waals surface area contributed by atoms with Crippen molar-refractivity contribution < 1.29 is 4.39 Å². The fourth-order valence-electron chi connectivity index (χ4n) is 3.23. The van der Waals surface area contributed by atoms with Crippen LogP contribution in [0, 0.1) is 5.82 Å². The average Bonchev–Trinajstić information content (AvgIpc) is 3.27. The lowest BCUT2D eigenvalue weighted by molar-refractivity contribution is 0.628. The molecule has 24 heavy (non-hydrogen) atoms. The number of H-pyrrole nitrogens is 1. The maximum absolute atomic E-state index is 13.2. The molecule has 1 fully saturated rings. The van der Waals surface area contributed by atoms with Crippen molar-refractivity contribution >= 4 is 12.4 Å². The zero-order valence-electron chi connectivity index (χ0n) is 13.3. The van der Waals surface area contributed by atoms with Crippen LogP contribution in [0.15, 0.2) is 36.7 Å². The standard InChI is InChI=1S/C17H18FN5.ClH/c1-23-10-15(11-2-4-13(18)5-3-11)17(22-23)14-9-20-21-16(14)12-6-7-19-8-12;/h2-5,9-10,12,19H,6-8H2,1H3,(H,20,21);1H. The number of hydrogen-bond donors (Lipinski definition) is 2. The van der Waals surface area contributed by atoms with Crippen molar-refractivity contribution in [1.82, 2.24) is 25.3 Å². The lowest BCUT2D eigenvalue weighted by Gasteiger charge is -2.09. The number of rotatable bonds is 3. The van der Waals surface area contributed by atoms with Crippen LogP contribution in [0.25, 0.3) is 22.4 Å². The van der Waals surface area contributed by atoms with Crippen molar-refractivity contribution in [2.75, 3.05) is 13.1 Å². The molecule has 0 saturated carbocycles. The molecule has 1 aromatic carbocycles. The molecule has 4 rings (SSSR count). The van der Waals surface area contributed by atoms with E-state index >= 15 is 0 Å². The second-order valence-electron chi connectivity index (χ2n) is 5.96. The molecule has 3 aromatic rings. The molecule has 1 unspecified atom stereocenters. The van der Waals surface area contributed by atoms with Gasteiger partial charge in [0.25, 0.3) is 0 Å². The van der Waals surface area contributed by atoms with Crippen LogP contribution in [0.5, 0.6) is 0 Å². The molecule has 2 aromatic heterocycles. The monoisotopic (exact) mass is 347 g/mol. The van der Waals surface area contributed by atoms with Gasteiger partial charge in [-0.05, 0) is 30.7 Å². The number of hydrogen-bond acceptors (Lipinski definition) is 3. The molecule has 5 nitrogen and oxygen atoms in total. The van der Waals surface area contributed by atoms with Gasteiger partial charge in [0.2, 0.25) is 0 Å². The fourth-order valence-corrected chi connectivity index (χ4v) is 3.23. The van der Waals surface area contributed by atoms with Crippen LogP contribution in [0.2, 0.25) is 0 Å². The third kappa shape index (κ3) is 2.95. The highest BCUT2D eigenvalue weighted by molar-refractivity contribution is 5.85. The van der Waals surface area contributed by atoms with Gasteiger partial charge in [0.1, 0.15) is 11.5 Å². The van der Waals surface area contributed by atoms with Gasteiger partial charge >= 0.3 is 0 Å². The van der Waals surface area contributed by atoms with E-state index in [0.29, 0.717) is 5.92 Å². The van der Waals surface area contributed by atoms with E-state index in [0.717, 1.165) is 47.6 Å². The Kier molecular flexibility index (Phi) is 4.69. The molecule has 0 spiro atoms. The first-order valence-corrected chi connectivity index (χ1v) is 7.76. The predicted octanol–water partition coefficient (Wildman–Crippen LogP) is 3.12. The number of aryl methyl sites for hydroxylation is 1. The summed E-state index contributed by atoms with van der Waals surface area (Å²) in [5.74, 6) is 0.191. The van der Waals surface area contributed by atoms with Gasteiger partial charge in [-0.3, -0.25) is 9.78 Å². The van der Waals surface area contributed by atoms with Gasteiger partial charge in [-0.25, -0.2) is 4.39 Å². The van der Waals surface area contributed by atoms with Gasteiger partial charge in [-0.15, -0.1) is 12.4 Å². The smallest absolute Gasteiger partial charge is 0.123 e. The number of nitrogens with one attached hydrogen (secondary N) is 2. The maximum atomic E-state index is 13.2. The molecule has 126 valence electrons. The van der Waals surface area contributed by atoms with Gasteiger partial charge in [0.15, 0.2) is 0 Å². The topological polar surface area (TPSA) is 58.5 Å². The predicted molar refractivity (Wildman–Crippen MR) is 93.7 cm³/mol. The summed E-state index contributed by atoms with van der Waals surface area (Å²) < 4.78 is 15.0. The van der Waals surface area contributed by atoms with Crippen LogP contribution in [0.1, 0.15) is 18.0 Å². The van der Waals surface area contributed by atoms with Gasteiger partial charge in [-0.2, -0.15) is 10.2 Å². The van der Waals surface area contributed by atoms with Crippen LogP contribution in [-0.4, -0.2) is 33.1 Å². The van der Waals surface area contributed by atoms with Crippen molar-refractivity contribution in [3.63, 3.8) is 0 Å². The molecule has 0 bridgehead atoms. The lowest BCUT2D eigenvalue weighted by atomic mass is 9.96. The second kappa shape index (κ2) is 6.75. The minimum Gasteiger partial charge on any atom is -0.316 e. The fraction of sp³-hybridized carbons (Fsp3) is 0.294. The second-order valence-corrected chi connectivity index (χ2v) is 5.96. The van der Waals surface area contributed by atoms with Crippen molar-refractivity contribution in [2.24, 2.45) is 7.05 Å². The molecule has 0 radical (unpaired) electrons. The Hall–Kier alpha value is -2.18. The molecule has 1 aliphatic rings. The van der Waals surface area contributed by atoms with E-state index in [1.165, 1.54) is 12.1 Å². The van der Waals surface area contributed by atoms with Crippen LogP contribution < -0.4 is 5.32 Å². The minimum absolute atomic E-state index is 0. The van der Waals surface area contributed by atoms with E-state index in [2.05, 4.69) is 20.6 Å². The highest BCUT2D eigenvalue weighted by atomic mass is 35.5. The summed E-state index contributed by atoms with van der Waals surface area (Å²) in [6.45, 7) is 1.98. The first-order valence-electron chi connectivity index (χ1n) is 7.76. The average molecular weight is 348 g/mol. The van der Waals surface area contributed by atoms with Crippen LogP contribution in [-0.2, 0) is 7.05 Å². The number of aromatic nitrogens is 4. The van der Waals surface area contributed by atoms with E-state index in [1.54, 1.807) is 16.8 Å². The third-order valence-electron chi connectivity index (χ3n) is 4.38. The number of aromatic amines is 1. The van der Waals surface area contributed by atoms with E-state index in [9.17, 15) is 4.39 Å². The van der Waals surface area contributed by atoms with Crippen molar-refractivity contribution in [1.29, 1.82) is 0 Å². The van der Waals surface area contributed by atoms with Crippen LogP contribution in [0.4, 0.5) is 4.39 Å². The maximum Gasteiger partial charge on any atom is 0.123 e. The molecular formula is C17H19ClFN5. The van der Waals surface area contributed by atoms with Gasteiger partial charge < -0.3 is 5.32 Å². The summed E-state index contributed by atoms with van der Waals surface area (Å²) in [4.78, 5) is 0. The molecular weight excluding hydrogens is 329 g/mol. The summed E-state index contributed by atoms with van der Waals surface area (Å²) in [5.41, 5.74) is 4.97. The molecule has 2 N–H and O–H groups in total. The lowest BCUT2D eigenvalue weighted by Crippen LogP contribution is -2.08. The molecule has 0 aliphatic carbocycles. The first kappa shape index (κ1) is 16.7. The summed E-state index contributed by atoms with van der Waals surface area (Å²) in [5, 5.41) is 15.4. The third-order valence-corrected chi connectivity index (χ3v) is 4.38. The van der Waals surface area contributed by atoms with Gasteiger partial charge in [0, 0.05) is 42.5 Å². The van der Waals surface area contributed by atoms with Gasteiger partial charge in [0.05, 0.1) is 6.20 Å². The highest BCUT2D eigenvalue weighted by Crippen LogP contribution is 2.35. The SMILES string of the molecule is Cl.Cn1cc(-c2ccc(F)cc2)c(-c2cn[nH]c2C2CCNC2)n1. The Morgan fingerprint density at radius 2 is 2.00 bits per heavy atom.